The average molecular weight is 470 g/mol. The Kier molecular flexibility index (Phi) is 6.00. The van der Waals surface area contributed by atoms with Gasteiger partial charge >= 0.3 is 0 Å². The highest BCUT2D eigenvalue weighted by molar-refractivity contribution is 7.15. The van der Waals surface area contributed by atoms with Gasteiger partial charge in [0.25, 0.3) is 0 Å². The molecule has 0 aliphatic heterocycles. The van der Waals surface area contributed by atoms with E-state index in [2.05, 4.69) is 29.7 Å². The van der Waals surface area contributed by atoms with Crippen LogP contribution in [0.2, 0.25) is 0 Å². The summed E-state index contributed by atoms with van der Waals surface area (Å²) in [6.45, 7) is 4.92. The molecule has 0 saturated heterocycles. The number of thiazole rings is 1. The van der Waals surface area contributed by atoms with Gasteiger partial charge in [-0.1, -0.05) is 44.2 Å². The van der Waals surface area contributed by atoms with Gasteiger partial charge in [0.15, 0.2) is 5.13 Å². The maximum atomic E-state index is 13.0. The number of fused-ring (bicyclic) bond motifs is 2. The van der Waals surface area contributed by atoms with E-state index >= 15 is 0 Å². The zero-order chi connectivity index (χ0) is 23.2. The highest BCUT2D eigenvalue weighted by atomic mass is 32.1. The van der Waals surface area contributed by atoms with Crippen molar-refractivity contribution >= 4 is 22.4 Å². The number of rotatable bonds is 7. The van der Waals surface area contributed by atoms with Crippen LogP contribution >= 0.6 is 11.3 Å². The van der Waals surface area contributed by atoms with Gasteiger partial charge in [-0.3, -0.25) is 4.79 Å². The van der Waals surface area contributed by atoms with Crippen LogP contribution in [-0.2, 0) is 17.8 Å². The quantitative estimate of drug-likeness (QED) is 0.494. The summed E-state index contributed by atoms with van der Waals surface area (Å²) in [5, 5.41) is 28.8. The SMILES string of the molecule is C[C@]1(CO)[C@H]2Cc3sc(NCc4ccccc4)nc3[C@@H](CC(=O)NC3CC3)[C@]2(C)CC[C@H]1O. The zero-order valence-electron chi connectivity index (χ0n) is 19.5. The molecule has 1 aromatic heterocycles. The van der Waals surface area contributed by atoms with Crippen LogP contribution < -0.4 is 10.6 Å². The van der Waals surface area contributed by atoms with Crippen LogP contribution in [0.5, 0.6) is 0 Å². The molecule has 2 fully saturated rings. The van der Waals surface area contributed by atoms with Gasteiger partial charge < -0.3 is 20.8 Å². The third kappa shape index (κ3) is 4.19. The Morgan fingerprint density at radius 1 is 1.21 bits per heavy atom. The Labute approximate surface area is 199 Å². The molecule has 3 aliphatic carbocycles. The molecule has 0 bridgehead atoms. The number of nitrogens with one attached hydrogen (secondary N) is 2. The highest BCUT2D eigenvalue weighted by Gasteiger charge is 2.59. The van der Waals surface area contributed by atoms with Crippen molar-refractivity contribution in [3.8, 4) is 0 Å². The normalized spacial score (nSPS) is 33.2. The summed E-state index contributed by atoms with van der Waals surface area (Å²) in [5.74, 6) is 0.165. The second-order valence-electron chi connectivity index (χ2n) is 10.7. The molecule has 33 heavy (non-hydrogen) atoms. The minimum absolute atomic E-state index is 0.0214. The molecule has 6 nitrogen and oxygen atoms in total. The summed E-state index contributed by atoms with van der Waals surface area (Å²) >= 11 is 1.66. The van der Waals surface area contributed by atoms with E-state index < -0.39 is 11.5 Å². The lowest BCUT2D eigenvalue weighted by Crippen LogP contribution is -2.57. The first-order valence-corrected chi connectivity index (χ1v) is 13.0. The van der Waals surface area contributed by atoms with Crippen molar-refractivity contribution in [1.29, 1.82) is 0 Å². The lowest BCUT2D eigenvalue weighted by molar-refractivity contribution is -0.144. The fourth-order valence-electron chi connectivity index (χ4n) is 6.19. The number of aliphatic hydroxyl groups excluding tert-OH is 2. The molecule has 3 aliphatic rings. The van der Waals surface area contributed by atoms with E-state index in [-0.39, 0.29) is 29.8 Å². The van der Waals surface area contributed by atoms with Gasteiger partial charge in [0.05, 0.1) is 18.4 Å². The number of hydrogen-bond donors (Lipinski definition) is 4. The minimum Gasteiger partial charge on any atom is -0.396 e. The Hall–Kier alpha value is -1.96. The van der Waals surface area contributed by atoms with Crippen molar-refractivity contribution < 1.29 is 15.0 Å². The topological polar surface area (TPSA) is 94.5 Å². The molecule has 2 aromatic rings. The van der Waals surface area contributed by atoms with Gasteiger partial charge in [0.1, 0.15) is 0 Å². The molecule has 0 unspecified atom stereocenters. The van der Waals surface area contributed by atoms with Crippen LogP contribution in [0, 0.1) is 16.7 Å². The van der Waals surface area contributed by atoms with Gasteiger partial charge in [-0.15, -0.1) is 11.3 Å². The lowest BCUT2D eigenvalue weighted by atomic mass is 9.47. The predicted octanol–water partition coefficient (Wildman–Crippen LogP) is 3.84. The molecule has 5 atom stereocenters. The maximum absolute atomic E-state index is 13.0. The van der Waals surface area contributed by atoms with E-state index in [1.165, 1.54) is 10.4 Å². The molecule has 2 saturated carbocycles. The summed E-state index contributed by atoms with van der Waals surface area (Å²) in [6, 6.07) is 10.6. The second kappa shape index (κ2) is 8.67. The molecular formula is C26H35N3O3S. The van der Waals surface area contributed by atoms with E-state index in [0.29, 0.717) is 25.4 Å². The molecular weight excluding hydrogens is 434 g/mol. The molecule has 0 radical (unpaired) electrons. The number of nitrogens with zero attached hydrogens (tertiary/aromatic N) is 1. The Morgan fingerprint density at radius 3 is 2.67 bits per heavy atom. The van der Waals surface area contributed by atoms with Crippen molar-refractivity contribution in [2.75, 3.05) is 11.9 Å². The number of carbonyl (C=O) groups excluding carboxylic acids is 1. The number of benzene rings is 1. The first-order valence-electron chi connectivity index (χ1n) is 12.2. The molecule has 5 rings (SSSR count). The highest BCUT2D eigenvalue weighted by Crippen LogP contribution is 2.62. The first-order chi connectivity index (χ1) is 15.8. The fourth-order valence-corrected chi connectivity index (χ4v) is 7.26. The minimum atomic E-state index is -0.586. The van der Waals surface area contributed by atoms with E-state index in [1.54, 1.807) is 11.3 Å². The Balaban J connectivity index is 1.47. The third-order valence-corrected chi connectivity index (χ3v) is 9.56. The number of aromatic nitrogens is 1. The van der Waals surface area contributed by atoms with Crippen molar-refractivity contribution in [3.63, 3.8) is 0 Å². The number of amides is 1. The summed E-state index contributed by atoms with van der Waals surface area (Å²) in [4.78, 5) is 19.2. The van der Waals surface area contributed by atoms with Crippen LogP contribution in [0.1, 0.15) is 68.0 Å². The maximum Gasteiger partial charge on any atom is 0.220 e. The molecule has 1 heterocycles. The summed E-state index contributed by atoms with van der Waals surface area (Å²) in [6.07, 6.45) is 4.28. The van der Waals surface area contributed by atoms with Crippen molar-refractivity contribution in [2.24, 2.45) is 16.7 Å². The standard InChI is InChI=1S/C26H35N3O3S/c1-25-11-10-21(31)26(2,15-30)20(25)13-19-23(18(25)12-22(32)28-17-8-9-17)29-24(33-19)27-14-16-6-4-3-5-7-16/h3-7,17-18,20-21,30-31H,8-15H2,1-2H3,(H,27,29)(H,28,32)/t18-,20+,21-,25+,26+/m1/s1. The van der Waals surface area contributed by atoms with Crippen LogP contribution in [-0.4, -0.2) is 39.9 Å². The van der Waals surface area contributed by atoms with Crippen molar-refractivity contribution in [2.45, 2.75) is 77.0 Å². The number of aliphatic hydroxyl groups is 2. The van der Waals surface area contributed by atoms with Gasteiger partial charge in [-0.05, 0) is 49.0 Å². The zero-order valence-corrected chi connectivity index (χ0v) is 20.3. The van der Waals surface area contributed by atoms with E-state index in [9.17, 15) is 15.0 Å². The summed E-state index contributed by atoms with van der Waals surface area (Å²) in [5.41, 5.74) is 1.45. The molecule has 0 spiro atoms. The van der Waals surface area contributed by atoms with Crippen LogP contribution in [0.3, 0.4) is 0 Å². The molecule has 4 N–H and O–H groups in total. The molecule has 1 amide bonds. The van der Waals surface area contributed by atoms with Crippen LogP contribution in [0.25, 0.3) is 0 Å². The first kappa shape index (κ1) is 22.8. The van der Waals surface area contributed by atoms with Gasteiger partial charge in [0, 0.05) is 35.2 Å². The number of anilines is 1. The Morgan fingerprint density at radius 2 is 1.97 bits per heavy atom. The van der Waals surface area contributed by atoms with Crippen molar-refractivity contribution in [3.05, 3.63) is 46.5 Å². The largest absolute Gasteiger partial charge is 0.396 e. The lowest BCUT2D eigenvalue weighted by Gasteiger charge is -2.58. The predicted molar refractivity (Wildman–Crippen MR) is 130 cm³/mol. The number of carbonyl (C=O) groups is 1. The summed E-state index contributed by atoms with van der Waals surface area (Å²) < 4.78 is 0. The van der Waals surface area contributed by atoms with Crippen molar-refractivity contribution in [1.82, 2.24) is 10.3 Å². The Bertz CT molecular complexity index is 1010. The fraction of sp³-hybridized carbons (Fsp3) is 0.615. The van der Waals surface area contributed by atoms with E-state index in [1.807, 2.05) is 25.1 Å². The molecule has 7 heteroatoms. The van der Waals surface area contributed by atoms with Gasteiger partial charge in [0.2, 0.25) is 5.91 Å². The number of hydrogen-bond acceptors (Lipinski definition) is 6. The second-order valence-corrected chi connectivity index (χ2v) is 11.8. The third-order valence-electron chi connectivity index (χ3n) is 8.51. The van der Waals surface area contributed by atoms with E-state index in [0.717, 1.165) is 36.5 Å². The van der Waals surface area contributed by atoms with Gasteiger partial charge in [-0.25, -0.2) is 4.98 Å². The van der Waals surface area contributed by atoms with Gasteiger partial charge in [-0.2, -0.15) is 0 Å². The molecule has 1 aromatic carbocycles. The smallest absolute Gasteiger partial charge is 0.220 e. The molecule has 178 valence electrons. The monoisotopic (exact) mass is 469 g/mol. The van der Waals surface area contributed by atoms with Crippen LogP contribution in [0.4, 0.5) is 5.13 Å². The van der Waals surface area contributed by atoms with E-state index in [4.69, 9.17) is 4.98 Å². The van der Waals surface area contributed by atoms with Crippen LogP contribution in [0.15, 0.2) is 30.3 Å². The summed E-state index contributed by atoms with van der Waals surface area (Å²) in [7, 11) is 0. The average Bonchev–Trinajstić information content (AvgIpc) is 3.53.